The van der Waals surface area contributed by atoms with Crippen molar-refractivity contribution in [1.82, 2.24) is 19.7 Å². The number of nitrogens with zero attached hydrogens (tertiary/aromatic N) is 4. The molecule has 0 saturated carbocycles. The molecule has 1 fully saturated rings. The maximum Gasteiger partial charge on any atom is 0.233 e. The quantitative estimate of drug-likeness (QED) is 0.823. The number of hydrogen-bond acceptors (Lipinski definition) is 5. The molecule has 2 aliphatic rings. The Balaban J connectivity index is 1.52. The summed E-state index contributed by atoms with van der Waals surface area (Å²) in [6, 6.07) is 7.73. The van der Waals surface area contributed by atoms with E-state index in [2.05, 4.69) is 10.2 Å². The fraction of sp³-hybridized carbons (Fsp3) is 0.438. The van der Waals surface area contributed by atoms with Gasteiger partial charge in [-0.05, 0) is 6.07 Å². The molecular formula is C16H18N4O3. The third-order valence-corrected chi connectivity index (χ3v) is 4.41. The highest BCUT2D eigenvalue weighted by atomic mass is 16.5. The van der Waals surface area contributed by atoms with E-state index in [-0.39, 0.29) is 17.9 Å². The third-order valence-electron chi connectivity index (χ3n) is 4.41. The molecule has 0 radical (unpaired) electrons. The predicted molar refractivity (Wildman–Crippen MR) is 81.0 cm³/mol. The van der Waals surface area contributed by atoms with Crippen molar-refractivity contribution in [2.75, 3.05) is 26.3 Å². The number of carbonyl (C=O) groups excluding carboxylic acids is 1. The van der Waals surface area contributed by atoms with Gasteiger partial charge in [-0.15, -0.1) is 10.2 Å². The summed E-state index contributed by atoms with van der Waals surface area (Å²) >= 11 is 0. The molecule has 4 rings (SSSR count). The van der Waals surface area contributed by atoms with Gasteiger partial charge in [0.15, 0.2) is 5.82 Å². The lowest BCUT2D eigenvalue weighted by atomic mass is 9.99. The van der Waals surface area contributed by atoms with Gasteiger partial charge in [-0.3, -0.25) is 4.79 Å². The molecule has 2 aromatic rings. The largest absolute Gasteiger partial charge is 0.492 e. The molecule has 0 unspecified atom stereocenters. The molecule has 7 nitrogen and oxygen atoms in total. The molecule has 0 aliphatic carbocycles. The molecule has 0 bridgehead atoms. The Kier molecular flexibility index (Phi) is 3.49. The molecule has 120 valence electrons. The van der Waals surface area contributed by atoms with Crippen LogP contribution in [0.15, 0.2) is 30.6 Å². The molecule has 1 amide bonds. The number of benzene rings is 1. The summed E-state index contributed by atoms with van der Waals surface area (Å²) in [7, 11) is 1.88. The normalized spacial score (nSPS) is 23.4. The monoisotopic (exact) mass is 314 g/mol. The molecule has 0 spiro atoms. The van der Waals surface area contributed by atoms with Gasteiger partial charge in [0.05, 0.1) is 13.2 Å². The lowest BCUT2D eigenvalue weighted by molar-refractivity contribution is -0.141. The van der Waals surface area contributed by atoms with E-state index in [4.69, 9.17) is 9.47 Å². The highest BCUT2D eigenvalue weighted by molar-refractivity contribution is 5.85. The summed E-state index contributed by atoms with van der Waals surface area (Å²) < 4.78 is 13.2. The summed E-state index contributed by atoms with van der Waals surface area (Å²) in [5.41, 5.74) is 0.971. The summed E-state index contributed by atoms with van der Waals surface area (Å²) in [4.78, 5) is 14.8. The second kappa shape index (κ2) is 5.66. The van der Waals surface area contributed by atoms with E-state index in [1.54, 1.807) is 6.33 Å². The number of fused-ring (bicyclic) bond motifs is 1. The van der Waals surface area contributed by atoms with Crippen LogP contribution in [0.2, 0.25) is 0 Å². The summed E-state index contributed by atoms with van der Waals surface area (Å²) in [6.07, 6.45) is 1.40. The maximum atomic E-state index is 12.9. The van der Waals surface area contributed by atoms with Crippen LogP contribution in [0.25, 0.3) is 0 Å². The topological polar surface area (TPSA) is 69.5 Å². The average Bonchev–Trinajstić information content (AvgIpc) is 3.20. The Morgan fingerprint density at radius 2 is 2.22 bits per heavy atom. The van der Waals surface area contributed by atoms with E-state index in [0.29, 0.717) is 26.3 Å². The molecule has 0 N–H and O–H groups in total. The van der Waals surface area contributed by atoms with E-state index < -0.39 is 0 Å². The zero-order valence-electron chi connectivity index (χ0n) is 12.9. The predicted octanol–water partition coefficient (Wildman–Crippen LogP) is 0.891. The van der Waals surface area contributed by atoms with Gasteiger partial charge in [-0.2, -0.15) is 0 Å². The molecule has 23 heavy (non-hydrogen) atoms. The highest BCUT2D eigenvalue weighted by Gasteiger charge is 2.36. The minimum atomic E-state index is -0.238. The zero-order valence-corrected chi connectivity index (χ0v) is 12.9. The van der Waals surface area contributed by atoms with E-state index in [0.717, 1.165) is 17.1 Å². The van der Waals surface area contributed by atoms with Crippen LogP contribution in [-0.2, 0) is 16.6 Å². The molecule has 3 heterocycles. The Bertz CT molecular complexity index is 730. The van der Waals surface area contributed by atoms with Crippen LogP contribution in [-0.4, -0.2) is 51.9 Å². The van der Waals surface area contributed by atoms with Gasteiger partial charge >= 0.3 is 0 Å². The van der Waals surface area contributed by atoms with Crippen LogP contribution < -0.4 is 4.74 Å². The fourth-order valence-corrected chi connectivity index (χ4v) is 3.18. The first kappa shape index (κ1) is 14.2. The van der Waals surface area contributed by atoms with E-state index in [1.165, 1.54) is 0 Å². The third kappa shape index (κ3) is 2.46. The number of carbonyl (C=O) groups is 1. The number of para-hydroxylation sites is 1. The Labute approximate surface area is 133 Å². The van der Waals surface area contributed by atoms with Gasteiger partial charge in [-0.1, -0.05) is 18.2 Å². The number of ether oxygens (including phenoxy) is 2. The molecule has 7 heteroatoms. The summed E-state index contributed by atoms with van der Waals surface area (Å²) in [5, 5.41) is 7.98. The van der Waals surface area contributed by atoms with Crippen molar-refractivity contribution >= 4 is 5.91 Å². The standard InChI is InChI=1S/C16H18N4O3/c1-19-10-17-18-15(19)14-8-20(6-7-22-14)16(21)12-9-23-13-5-3-2-4-11(12)13/h2-5,10,12,14H,6-9H2,1H3/t12-,14+/m0/s1. The molecule has 1 saturated heterocycles. The second-order valence-electron chi connectivity index (χ2n) is 5.85. The van der Waals surface area contributed by atoms with E-state index >= 15 is 0 Å². The SMILES string of the molecule is Cn1cnnc1[C@H]1CN(C(=O)[C@H]2COc3ccccc32)CCO1. The minimum absolute atomic E-state index is 0.0884. The van der Waals surface area contributed by atoms with Gasteiger partial charge < -0.3 is 18.9 Å². The number of aromatic nitrogens is 3. The first-order chi connectivity index (χ1) is 11.2. The van der Waals surface area contributed by atoms with Crippen molar-refractivity contribution < 1.29 is 14.3 Å². The number of hydrogen-bond donors (Lipinski definition) is 0. The Morgan fingerprint density at radius 3 is 3.04 bits per heavy atom. The van der Waals surface area contributed by atoms with Crippen molar-refractivity contribution in [2.24, 2.45) is 7.05 Å². The van der Waals surface area contributed by atoms with Gasteiger partial charge in [0.2, 0.25) is 5.91 Å². The molecule has 2 atom stereocenters. The average molecular weight is 314 g/mol. The van der Waals surface area contributed by atoms with Crippen molar-refractivity contribution in [1.29, 1.82) is 0 Å². The Morgan fingerprint density at radius 1 is 1.35 bits per heavy atom. The number of morpholine rings is 1. The lowest BCUT2D eigenvalue weighted by Gasteiger charge is -2.33. The van der Waals surface area contributed by atoms with Crippen LogP contribution in [0, 0.1) is 0 Å². The zero-order chi connectivity index (χ0) is 15.8. The van der Waals surface area contributed by atoms with Crippen molar-refractivity contribution in [3.8, 4) is 5.75 Å². The van der Waals surface area contributed by atoms with Gasteiger partial charge in [0.1, 0.15) is 30.7 Å². The first-order valence-electron chi connectivity index (χ1n) is 7.70. The molecule has 1 aromatic heterocycles. The van der Waals surface area contributed by atoms with Crippen LogP contribution in [0.5, 0.6) is 5.75 Å². The lowest BCUT2D eigenvalue weighted by Crippen LogP contribution is -2.45. The molecule has 2 aliphatic heterocycles. The maximum absolute atomic E-state index is 12.9. The highest BCUT2D eigenvalue weighted by Crippen LogP contribution is 2.35. The van der Waals surface area contributed by atoms with Crippen molar-refractivity contribution in [2.45, 2.75) is 12.0 Å². The van der Waals surface area contributed by atoms with Crippen molar-refractivity contribution in [3.05, 3.63) is 42.0 Å². The van der Waals surface area contributed by atoms with Crippen LogP contribution in [0.4, 0.5) is 0 Å². The Hall–Kier alpha value is -2.41. The number of amides is 1. The van der Waals surface area contributed by atoms with Gasteiger partial charge in [0, 0.05) is 19.2 Å². The smallest absolute Gasteiger partial charge is 0.233 e. The van der Waals surface area contributed by atoms with Gasteiger partial charge in [0.25, 0.3) is 0 Å². The molecule has 1 aromatic carbocycles. The summed E-state index contributed by atoms with van der Waals surface area (Å²) in [6.45, 7) is 1.98. The summed E-state index contributed by atoms with van der Waals surface area (Å²) in [5.74, 6) is 1.41. The van der Waals surface area contributed by atoms with Crippen LogP contribution >= 0.6 is 0 Å². The van der Waals surface area contributed by atoms with E-state index in [1.807, 2.05) is 40.8 Å². The number of aryl methyl sites for hydroxylation is 1. The van der Waals surface area contributed by atoms with Crippen LogP contribution in [0.1, 0.15) is 23.4 Å². The minimum Gasteiger partial charge on any atom is -0.492 e. The molecular weight excluding hydrogens is 296 g/mol. The fourth-order valence-electron chi connectivity index (χ4n) is 3.18. The van der Waals surface area contributed by atoms with Crippen molar-refractivity contribution in [3.63, 3.8) is 0 Å². The second-order valence-corrected chi connectivity index (χ2v) is 5.85. The van der Waals surface area contributed by atoms with Crippen LogP contribution in [0.3, 0.4) is 0 Å². The first-order valence-corrected chi connectivity index (χ1v) is 7.70. The number of rotatable bonds is 2. The van der Waals surface area contributed by atoms with E-state index in [9.17, 15) is 4.79 Å². The van der Waals surface area contributed by atoms with Gasteiger partial charge in [-0.25, -0.2) is 0 Å².